The number of rotatable bonds is 8. The molecule has 0 unspecified atom stereocenters. The van der Waals surface area contributed by atoms with E-state index in [2.05, 4.69) is 32.0 Å². The molecule has 0 saturated heterocycles. The second-order valence-corrected chi connectivity index (χ2v) is 6.37. The van der Waals surface area contributed by atoms with Crippen molar-refractivity contribution in [3.63, 3.8) is 0 Å². The molecule has 0 spiro atoms. The number of nitrogens with one attached hydrogen (secondary N) is 1. The smallest absolute Gasteiger partial charge is 1.00 e. The van der Waals surface area contributed by atoms with Gasteiger partial charge in [-0.15, -0.1) is 0 Å². The van der Waals surface area contributed by atoms with E-state index in [0.29, 0.717) is 39.0 Å². The molecule has 0 aromatic carbocycles. The van der Waals surface area contributed by atoms with Crippen LogP contribution < -0.4 is 39.7 Å². The van der Waals surface area contributed by atoms with Gasteiger partial charge in [-0.25, -0.2) is 0 Å². The number of ketones is 2. The summed E-state index contributed by atoms with van der Waals surface area (Å²) in [5.41, 5.74) is 28.4. The van der Waals surface area contributed by atoms with Gasteiger partial charge in [0.05, 0.1) is 14.2 Å². The summed E-state index contributed by atoms with van der Waals surface area (Å²) in [5.74, 6) is -0.964. The normalized spacial score (nSPS) is 6.23. The Morgan fingerprint density at radius 2 is 0.787 bits per heavy atom. The maximum absolute atomic E-state index is 10.4. The number of carbonyl (C=O) groups excluding carboxylic acids is 5. The van der Waals surface area contributed by atoms with Crippen LogP contribution in [0.2, 0.25) is 0 Å². The second-order valence-electron chi connectivity index (χ2n) is 6.37. The van der Waals surface area contributed by atoms with Crippen molar-refractivity contribution < 1.29 is 51.9 Å². The molecule has 0 heterocycles. The molecule has 1 amide bonds. The van der Waals surface area contributed by atoms with Gasteiger partial charge in [-0.05, 0) is 54.4 Å². The predicted molar refractivity (Wildman–Crippen MR) is 209 cm³/mol. The first kappa shape index (κ1) is 96.8. The van der Waals surface area contributed by atoms with E-state index < -0.39 is 5.97 Å². The Labute approximate surface area is 308 Å². The van der Waals surface area contributed by atoms with Crippen molar-refractivity contribution >= 4 is 65.7 Å². The summed E-state index contributed by atoms with van der Waals surface area (Å²) >= 11 is 0. The largest absolute Gasteiger partial charge is 2.00 e. The number of nitrogens with two attached hydrogens (primary N) is 6. The van der Waals surface area contributed by atoms with E-state index in [1.54, 1.807) is 13.8 Å². The summed E-state index contributed by atoms with van der Waals surface area (Å²) in [4.78, 5) is 59.0. The zero-order chi connectivity index (χ0) is 35.2. The van der Waals surface area contributed by atoms with Gasteiger partial charge < -0.3 is 72.4 Å². The molecular weight excluding hydrogens is 605 g/mol. The van der Waals surface area contributed by atoms with Gasteiger partial charge in [0, 0.05) is 60.2 Å². The summed E-state index contributed by atoms with van der Waals surface area (Å²) in [6, 6.07) is 0. The first-order valence-corrected chi connectivity index (χ1v) is 12.4. The van der Waals surface area contributed by atoms with Crippen LogP contribution in [-0.2, 0) is 38.2 Å². The Bertz CT molecular complexity index is 563. The summed E-state index contributed by atoms with van der Waals surface area (Å²) in [6.07, 6.45) is 2.76. The Balaban J connectivity index is -0.0000000116. The van der Waals surface area contributed by atoms with Crippen molar-refractivity contribution in [1.82, 2.24) is 5.32 Å². The van der Waals surface area contributed by atoms with Gasteiger partial charge in [-0.3, -0.25) is 19.2 Å². The van der Waals surface area contributed by atoms with Crippen molar-refractivity contribution in [3.8, 4) is 0 Å². The molecule has 288 valence electrons. The van der Waals surface area contributed by atoms with E-state index in [4.69, 9.17) is 27.1 Å². The monoisotopic (exact) mass is 687 g/mol. The summed E-state index contributed by atoms with van der Waals surface area (Å²) in [6.45, 7) is 10.8. The average Bonchev–Trinajstić information content (AvgIpc) is 2.93. The first-order chi connectivity index (χ1) is 19.1. The van der Waals surface area contributed by atoms with Crippen LogP contribution in [0.15, 0.2) is 0 Å². The molecule has 0 aliphatic heterocycles. The van der Waals surface area contributed by atoms with Gasteiger partial charge in [0.2, 0.25) is 5.91 Å². The fourth-order valence-corrected chi connectivity index (χ4v) is 0.953. The maximum atomic E-state index is 10.4. The summed E-state index contributed by atoms with van der Waals surface area (Å²) in [5, 5.41) is 10.0. The number of amides is 1. The third-order valence-electron chi connectivity index (χ3n) is 2.55. The number of aliphatic carboxylic acids is 1. The Kier molecular flexibility index (Phi) is 230. The molecule has 14 N–H and O–H groups in total. The number of hydrogen-bond donors (Lipinski definition) is 8. The number of Topliss-reactive ketones (excluding diaryl/α,β-unsaturated/α-hetero) is 2. The van der Waals surface area contributed by atoms with Crippen LogP contribution in [0.1, 0.15) is 98.1 Å². The van der Waals surface area contributed by atoms with Gasteiger partial charge in [-0.1, -0.05) is 22.3 Å². The summed E-state index contributed by atoms with van der Waals surface area (Å²) in [7, 11) is 7.20. The number of carboxylic acid groups (broad SMARTS) is 1. The SMILES string of the molecule is C.C.C.CC(=O)CCCN.CC(=O)CCCNC(C)=O.CC(=O)O.CN.CN.CN.COC(C)=O.COC(C)=O.NCCN.[Be+2].[Be+2].[Be+2].[H-].[H-].[H-].[H-].[H-].[H-]. The Hall–Kier alpha value is -2.51. The molecule has 47 heavy (non-hydrogen) atoms. The number of ether oxygens (including phenoxy) is 2. The fraction of sp³-hybridized carbons (Fsp3) is 0.786. The van der Waals surface area contributed by atoms with E-state index in [1.807, 2.05) is 0 Å². The van der Waals surface area contributed by atoms with Crippen molar-refractivity contribution in [3.05, 3.63) is 0 Å². The number of methoxy groups -OCH3 is 2. The van der Waals surface area contributed by atoms with Gasteiger partial charge in [0.15, 0.2) is 0 Å². The van der Waals surface area contributed by atoms with Gasteiger partial charge in [-0.2, -0.15) is 0 Å². The molecule has 0 aromatic heterocycles. The third-order valence-corrected chi connectivity index (χ3v) is 2.55. The first-order valence-electron chi connectivity index (χ1n) is 12.4. The van der Waals surface area contributed by atoms with Crippen molar-refractivity contribution in [2.24, 2.45) is 34.4 Å². The number of carboxylic acids is 1. The van der Waals surface area contributed by atoms with E-state index >= 15 is 0 Å². The number of carbonyl (C=O) groups is 6. The zero-order valence-corrected chi connectivity index (χ0v) is 29.5. The third kappa shape index (κ3) is 411. The van der Waals surface area contributed by atoms with Gasteiger partial charge >= 0.3 is 42.3 Å². The molecule has 0 aliphatic rings. The second kappa shape index (κ2) is 112. The van der Waals surface area contributed by atoms with E-state index in [0.717, 1.165) is 19.8 Å². The van der Waals surface area contributed by atoms with Gasteiger partial charge in [0.25, 0.3) is 5.97 Å². The van der Waals surface area contributed by atoms with Crippen molar-refractivity contribution in [2.75, 3.05) is 61.5 Å². The topological polar surface area (TPSA) is 309 Å². The Morgan fingerprint density at radius 3 is 0.894 bits per heavy atom. The van der Waals surface area contributed by atoms with Crippen LogP contribution in [0.25, 0.3) is 0 Å². The Morgan fingerprint density at radius 1 is 0.574 bits per heavy atom. The van der Waals surface area contributed by atoms with E-state index in [9.17, 15) is 24.0 Å². The molecule has 16 nitrogen and oxygen atoms in total. The van der Waals surface area contributed by atoms with Crippen LogP contribution in [0, 0.1) is 0 Å². The summed E-state index contributed by atoms with van der Waals surface area (Å²) < 4.78 is 8.22. The molecule has 0 radical (unpaired) electrons. The molecule has 0 saturated carbocycles. The van der Waals surface area contributed by atoms with Crippen LogP contribution in [0.3, 0.4) is 0 Å². The van der Waals surface area contributed by atoms with Crippen LogP contribution in [0.4, 0.5) is 0 Å². The van der Waals surface area contributed by atoms with Crippen LogP contribution in [0.5, 0.6) is 0 Å². The average molecular weight is 687 g/mol. The zero-order valence-electron chi connectivity index (χ0n) is 35.5. The minimum Gasteiger partial charge on any atom is -1.00 e. The van der Waals surface area contributed by atoms with E-state index in [-0.39, 0.29) is 90.6 Å². The van der Waals surface area contributed by atoms with Gasteiger partial charge in [0.1, 0.15) is 11.6 Å². The molecule has 0 rings (SSSR count). The maximum Gasteiger partial charge on any atom is 2.00 e. The molecule has 0 aromatic rings. The van der Waals surface area contributed by atoms with Crippen molar-refractivity contribution in [1.29, 1.82) is 0 Å². The fourth-order valence-electron chi connectivity index (χ4n) is 0.953. The number of hydrogen-bond acceptors (Lipinski definition) is 14. The molecule has 0 atom stereocenters. The van der Waals surface area contributed by atoms with Crippen LogP contribution >= 0.6 is 0 Å². The molecule has 19 heteroatoms. The molecular formula is C28H81Be3N7O9. The van der Waals surface area contributed by atoms with Crippen molar-refractivity contribution in [2.45, 2.75) is 89.5 Å². The minimum atomic E-state index is -0.833. The number of esters is 2. The minimum absolute atomic E-state index is 0. The molecule has 0 aliphatic carbocycles. The molecule has 0 fully saturated rings. The quantitative estimate of drug-likeness (QED) is 0.0968. The standard InChI is InChI=1S/C7H13NO2.C5H11NO.2C3H6O2.C2H8N2.C2H4O2.3CH5N.3CH4.3Be.6H/c1-6(9)4-3-5-8-7(2)10;1-5(7)3-2-4-6;2*1-3(4)5-2;3-1-2-4;1-2(3)4;3*1-2;;;;;;;;;;;;/h3-5H2,1-2H3,(H,8,10);2-4,6H2,1H3;2*1-2H3;1-4H2;1H3,(H,3,4);3*2H2,1H3;3*1H4;;;;;;;;;/q;;;;;;;;;;;;3*+2;6*-1. The van der Waals surface area contributed by atoms with Crippen LogP contribution in [-0.4, -0.2) is 132 Å². The predicted octanol–water partition coefficient (Wildman–Crippen LogP) is 0.325. The van der Waals surface area contributed by atoms with E-state index in [1.165, 1.54) is 56.1 Å². The molecule has 0 bridgehead atoms.